The zero-order valence-corrected chi connectivity index (χ0v) is 13.6. The first kappa shape index (κ1) is 16.2. The van der Waals surface area contributed by atoms with Gasteiger partial charge in [0.1, 0.15) is 0 Å². The summed E-state index contributed by atoms with van der Waals surface area (Å²) in [5, 5.41) is 3.43. The van der Waals surface area contributed by atoms with Crippen LogP contribution in [-0.2, 0) is 9.84 Å². The molecule has 2 fully saturated rings. The van der Waals surface area contributed by atoms with Gasteiger partial charge in [0.2, 0.25) is 0 Å². The van der Waals surface area contributed by atoms with Gasteiger partial charge in [-0.2, -0.15) is 0 Å². The lowest BCUT2D eigenvalue weighted by molar-refractivity contribution is 0.189. The Morgan fingerprint density at radius 1 is 1.10 bits per heavy atom. The fourth-order valence-corrected chi connectivity index (χ4v) is 5.19. The van der Waals surface area contributed by atoms with Crippen molar-refractivity contribution >= 4 is 9.84 Å². The molecule has 20 heavy (non-hydrogen) atoms. The highest BCUT2D eigenvalue weighted by molar-refractivity contribution is 7.91. The number of hydrogen-bond acceptors (Lipinski definition) is 4. The predicted molar refractivity (Wildman–Crippen MR) is 83.8 cm³/mol. The summed E-state index contributed by atoms with van der Waals surface area (Å²) in [6.45, 7) is 2.06. The van der Waals surface area contributed by atoms with Crippen LogP contribution in [0, 0.1) is 0 Å². The molecule has 1 aliphatic heterocycles. The Kier molecular flexibility index (Phi) is 6.30. The van der Waals surface area contributed by atoms with Crippen LogP contribution in [-0.4, -0.2) is 57.0 Å². The van der Waals surface area contributed by atoms with Crippen molar-refractivity contribution in [2.75, 3.05) is 31.6 Å². The zero-order chi connectivity index (χ0) is 14.4. The van der Waals surface area contributed by atoms with Crippen molar-refractivity contribution in [3.05, 3.63) is 0 Å². The molecule has 4 nitrogen and oxygen atoms in total. The van der Waals surface area contributed by atoms with Gasteiger partial charge in [-0.1, -0.05) is 19.3 Å². The van der Waals surface area contributed by atoms with Gasteiger partial charge in [-0.15, -0.1) is 0 Å². The van der Waals surface area contributed by atoms with Crippen LogP contribution in [0.15, 0.2) is 0 Å². The molecule has 1 N–H and O–H groups in total. The van der Waals surface area contributed by atoms with Crippen LogP contribution in [0.1, 0.15) is 51.4 Å². The molecule has 1 saturated carbocycles. The molecule has 0 bridgehead atoms. The Labute approximate surface area is 124 Å². The van der Waals surface area contributed by atoms with Crippen LogP contribution < -0.4 is 5.32 Å². The van der Waals surface area contributed by atoms with E-state index in [1.54, 1.807) is 0 Å². The molecule has 0 aromatic heterocycles. The molecule has 0 aromatic carbocycles. The molecular formula is C15H30N2O2S. The van der Waals surface area contributed by atoms with Crippen LogP contribution in [0.3, 0.4) is 0 Å². The Balaban J connectivity index is 1.59. The van der Waals surface area contributed by atoms with Crippen LogP contribution in [0.25, 0.3) is 0 Å². The molecule has 1 saturated heterocycles. The SMILES string of the molecule is CN(CCCNC1CCCS(=O)(=O)C1)C1CCCCC1. The van der Waals surface area contributed by atoms with Gasteiger partial charge >= 0.3 is 0 Å². The normalized spacial score (nSPS) is 27.8. The van der Waals surface area contributed by atoms with Gasteiger partial charge in [0.15, 0.2) is 9.84 Å². The van der Waals surface area contributed by atoms with Gasteiger partial charge < -0.3 is 10.2 Å². The largest absolute Gasteiger partial charge is 0.313 e. The average molecular weight is 302 g/mol. The summed E-state index contributed by atoms with van der Waals surface area (Å²) >= 11 is 0. The summed E-state index contributed by atoms with van der Waals surface area (Å²) < 4.78 is 23.1. The van der Waals surface area contributed by atoms with E-state index >= 15 is 0 Å². The van der Waals surface area contributed by atoms with Gasteiger partial charge in [0.25, 0.3) is 0 Å². The second-order valence-electron chi connectivity index (χ2n) is 6.53. The molecule has 1 heterocycles. The number of rotatable bonds is 6. The number of hydrogen-bond donors (Lipinski definition) is 1. The molecule has 118 valence electrons. The molecule has 1 unspecified atom stereocenters. The van der Waals surface area contributed by atoms with Crippen molar-refractivity contribution in [2.24, 2.45) is 0 Å². The fourth-order valence-electron chi connectivity index (χ4n) is 3.52. The summed E-state index contributed by atoms with van der Waals surface area (Å²) in [5.74, 6) is 0.723. The van der Waals surface area contributed by atoms with Crippen molar-refractivity contribution in [1.29, 1.82) is 0 Å². The molecule has 0 aromatic rings. The Hall–Kier alpha value is -0.130. The van der Waals surface area contributed by atoms with Crippen LogP contribution in [0.4, 0.5) is 0 Å². The minimum absolute atomic E-state index is 0.189. The fraction of sp³-hybridized carbons (Fsp3) is 1.00. The van der Waals surface area contributed by atoms with Crippen LogP contribution in [0.2, 0.25) is 0 Å². The maximum absolute atomic E-state index is 11.6. The van der Waals surface area contributed by atoms with Gasteiger partial charge in [0, 0.05) is 12.1 Å². The van der Waals surface area contributed by atoms with Crippen molar-refractivity contribution in [3.8, 4) is 0 Å². The molecule has 1 aliphatic carbocycles. The monoisotopic (exact) mass is 302 g/mol. The lowest BCUT2D eigenvalue weighted by Crippen LogP contribution is -2.41. The second kappa shape index (κ2) is 7.76. The molecule has 5 heteroatoms. The van der Waals surface area contributed by atoms with E-state index in [9.17, 15) is 8.42 Å². The minimum Gasteiger partial charge on any atom is -0.313 e. The molecule has 2 rings (SSSR count). The number of nitrogens with one attached hydrogen (secondary N) is 1. The lowest BCUT2D eigenvalue weighted by atomic mass is 9.94. The number of nitrogens with zero attached hydrogens (tertiary/aromatic N) is 1. The Morgan fingerprint density at radius 3 is 2.55 bits per heavy atom. The molecule has 2 aliphatic rings. The van der Waals surface area contributed by atoms with Crippen molar-refractivity contribution in [3.63, 3.8) is 0 Å². The maximum atomic E-state index is 11.6. The third-order valence-corrected chi connectivity index (χ3v) is 6.60. The first-order chi connectivity index (χ1) is 9.57. The average Bonchev–Trinajstić information content (AvgIpc) is 2.43. The molecule has 0 amide bonds. The highest BCUT2D eigenvalue weighted by Crippen LogP contribution is 2.21. The molecule has 0 radical (unpaired) electrons. The summed E-state index contributed by atoms with van der Waals surface area (Å²) in [7, 11) is -0.538. The van der Waals surface area contributed by atoms with E-state index in [2.05, 4.69) is 17.3 Å². The third kappa shape index (κ3) is 5.34. The predicted octanol–water partition coefficient (Wildman–Crippen LogP) is 1.81. The first-order valence-electron chi connectivity index (χ1n) is 8.21. The quantitative estimate of drug-likeness (QED) is 0.760. The Morgan fingerprint density at radius 2 is 1.85 bits per heavy atom. The zero-order valence-electron chi connectivity index (χ0n) is 12.8. The van der Waals surface area contributed by atoms with E-state index < -0.39 is 9.84 Å². The van der Waals surface area contributed by atoms with E-state index in [0.717, 1.165) is 38.4 Å². The van der Waals surface area contributed by atoms with Gasteiger partial charge in [-0.25, -0.2) is 8.42 Å². The van der Waals surface area contributed by atoms with Gasteiger partial charge in [0.05, 0.1) is 11.5 Å². The van der Waals surface area contributed by atoms with E-state index in [0.29, 0.717) is 11.5 Å². The van der Waals surface area contributed by atoms with Gasteiger partial charge in [-0.3, -0.25) is 0 Å². The summed E-state index contributed by atoms with van der Waals surface area (Å²) in [4.78, 5) is 2.50. The molecule has 1 atom stereocenters. The Bertz CT molecular complexity index is 377. The van der Waals surface area contributed by atoms with E-state index in [-0.39, 0.29) is 6.04 Å². The van der Waals surface area contributed by atoms with Crippen LogP contribution >= 0.6 is 0 Å². The van der Waals surface area contributed by atoms with Crippen molar-refractivity contribution in [2.45, 2.75) is 63.5 Å². The topological polar surface area (TPSA) is 49.4 Å². The van der Waals surface area contributed by atoms with E-state index in [1.165, 1.54) is 32.1 Å². The van der Waals surface area contributed by atoms with E-state index in [4.69, 9.17) is 0 Å². The highest BCUT2D eigenvalue weighted by Gasteiger charge is 2.24. The highest BCUT2D eigenvalue weighted by atomic mass is 32.2. The van der Waals surface area contributed by atoms with Crippen LogP contribution in [0.5, 0.6) is 0 Å². The summed E-state index contributed by atoms with van der Waals surface area (Å²) in [6, 6.07) is 0.965. The summed E-state index contributed by atoms with van der Waals surface area (Å²) in [6.07, 6.45) is 9.82. The van der Waals surface area contributed by atoms with Gasteiger partial charge in [-0.05, 0) is 52.2 Å². The van der Waals surface area contributed by atoms with E-state index in [1.807, 2.05) is 0 Å². The minimum atomic E-state index is -2.78. The van der Waals surface area contributed by atoms with Crippen molar-refractivity contribution < 1.29 is 8.42 Å². The standard InChI is InChI=1S/C15H30N2O2S/c1-17(15-8-3-2-4-9-15)11-6-10-16-14-7-5-12-20(18,19)13-14/h14-16H,2-13H2,1H3. The summed E-state index contributed by atoms with van der Waals surface area (Å²) in [5.41, 5.74) is 0. The third-order valence-electron chi connectivity index (χ3n) is 4.78. The molecule has 0 spiro atoms. The van der Waals surface area contributed by atoms with Crippen molar-refractivity contribution in [1.82, 2.24) is 10.2 Å². The number of sulfone groups is 1. The smallest absolute Gasteiger partial charge is 0.151 e. The molecular weight excluding hydrogens is 272 g/mol. The lowest BCUT2D eigenvalue weighted by Gasteiger charge is -2.31. The first-order valence-corrected chi connectivity index (χ1v) is 10.0. The maximum Gasteiger partial charge on any atom is 0.151 e. The second-order valence-corrected chi connectivity index (χ2v) is 8.76.